The number of rotatable bonds is 3. The topological polar surface area (TPSA) is 34.2 Å². The van der Waals surface area contributed by atoms with Gasteiger partial charge in [-0.15, -0.1) is 0 Å². The van der Waals surface area contributed by atoms with Crippen molar-refractivity contribution in [1.82, 2.24) is 9.47 Å². The third-order valence-corrected chi connectivity index (χ3v) is 5.14. The molecule has 0 bridgehead atoms. The fourth-order valence-electron chi connectivity index (χ4n) is 3.59. The average molecular weight is 247 g/mol. The largest absolute Gasteiger partial charge is 0.349 e. The van der Waals surface area contributed by atoms with Gasteiger partial charge in [0.1, 0.15) is 0 Å². The first-order valence-electron chi connectivity index (χ1n) is 7.23. The highest BCUT2D eigenvalue weighted by atomic mass is 15.2. The predicted octanol–water partition coefficient (Wildman–Crippen LogP) is 2.31. The second kappa shape index (κ2) is 4.39. The van der Waals surface area contributed by atoms with Gasteiger partial charge in [-0.05, 0) is 64.3 Å². The molecule has 0 amide bonds. The molecule has 1 saturated carbocycles. The average Bonchev–Trinajstić information content (AvgIpc) is 2.67. The summed E-state index contributed by atoms with van der Waals surface area (Å²) in [5, 5.41) is 0. The molecule has 2 N–H and O–H groups in total. The zero-order chi connectivity index (χ0) is 12.8. The molecule has 1 heterocycles. The summed E-state index contributed by atoms with van der Waals surface area (Å²) >= 11 is 0. The number of likely N-dealkylation sites (N-methyl/N-ethyl adjacent to an activating group) is 1. The molecule has 18 heavy (non-hydrogen) atoms. The highest BCUT2D eigenvalue weighted by Crippen LogP contribution is 2.39. The van der Waals surface area contributed by atoms with E-state index in [1.54, 1.807) is 0 Å². The summed E-state index contributed by atoms with van der Waals surface area (Å²) in [6.07, 6.45) is 9.90. The van der Waals surface area contributed by atoms with Gasteiger partial charge in [-0.25, -0.2) is 0 Å². The van der Waals surface area contributed by atoms with Gasteiger partial charge in [-0.2, -0.15) is 0 Å². The molecular formula is C15H25N3. The van der Waals surface area contributed by atoms with Gasteiger partial charge in [0.2, 0.25) is 0 Å². The van der Waals surface area contributed by atoms with Crippen molar-refractivity contribution in [2.45, 2.75) is 56.7 Å². The quantitative estimate of drug-likeness (QED) is 0.889. The third kappa shape index (κ3) is 1.81. The Bertz CT molecular complexity index is 429. The third-order valence-electron chi connectivity index (χ3n) is 5.14. The van der Waals surface area contributed by atoms with E-state index in [0.29, 0.717) is 5.54 Å². The van der Waals surface area contributed by atoms with E-state index in [-0.39, 0.29) is 6.04 Å². The Labute approximate surface area is 110 Å². The van der Waals surface area contributed by atoms with Gasteiger partial charge in [0.25, 0.3) is 0 Å². The monoisotopic (exact) mass is 247 g/mol. The minimum atomic E-state index is 0.270. The molecule has 3 rings (SSSR count). The molecule has 0 aliphatic heterocycles. The summed E-state index contributed by atoms with van der Waals surface area (Å²) in [4.78, 5) is 2.42. The molecule has 3 nitrogen and oxygen atoms in total. The molecule has 0 saturated heterocycles. The van der Waals surface area contributed by atoms with Crippen LogP contribution in [0.3, 0.4) is 0 Å². The van der Waals surface area contributed by atoms with Crippen molar-refractivity contribution in [3.05, 3.63) is 23.5 Å². The van der Waals surface area contributed by atoms with E-state index >= 15 is 0 Å². The minimum Gasteiger partial charge on any atom is -0.349 e. The lowest BCUT2D eigenvalue weighted by molar-refractivity contribution is 0.0416. The van der Waals surface area contributed by atoms with E-state index in [1.165, 1.54) is 43.4 Å². The van der Waals surface area contributed by atoms with Gasteiger partial charge in [0.05, 0.1) is 0 Å². The summed E-state index contributed by atoms with van der Waals surface area (Å²) in [5.41, 5.74) is 9.50. The second-order valence-electron chi connectivity index (χ2n) is 6.32. The summed E-state index contributed by atoms with van der Waals surface area (Å²) in [5.74, 6) is 0. The van der Waals surface area contributed by atoms with Gasteiger partial charge < -0.3 is 15.2 Å². The number of fused-ring (bicyclic) bond motifs is 1. The number of nitrogens with two attached hydrogens (primary N) is 1. The Balaban J connectivity index is 1.85. The van der Waals surface area contributed by atoms with E-state index in [9.17, 15) is 0 Å². The maximum atomic E-state index is 6.21. The Morgan fingerprint density at radius 1 is 1.39 bits per heavy atom. The molecular weight excluding hydrogens is 222 g/mol. The molecule has 2 aliphatic carbocycles. The van der Waals surface area contributed by atoms with Crippen LogP contribution in [0.2, 0.25) is 0 Å². The van der Waals surface area contributed by atoms with Crippen molar-refractivity contribution < 1.29 is 0 Å². The Morgan fingerprint density at radius 2 is 2.17 bits per heavy atom. The van der Waals surface area contributed by atoms with Crippen LogP contribution < -0.4 is 5.73 Å². The highest BCUT2D eigenvalue weighted by Gasteiger charge is 2.39. The van der Waals surface area contributed by atoms with Crippen LogP contribution in [-0.4, -0.2) is 29.1 Å². The molecule has 1 atom stereocenters. The van der Waals surface area contributed by atoms with Crippen molar-refractivity contribution >= 4 is 0 Å². The van der Waals surface area contributed by atoms with Crippen LogP contribution in [0.25, 0.3) is 0 Å². The van der Waals surface area contributed by atoms with Crippen LogP contribution >= 0.6 is 0 Å². The summed E-state index contributed by atoms with van der Waals surface area (Å²) in [6.45, 7) is 1.14. The Morgan fingerprint density at radius 3 is 2.78 bits per heavy atom. The van der Waals surface area contributed by atoms with Gasteiger partial charge >= 0.3 is 0 Å². The van der Waals surface area contributed by atoms with Gasteiger partial charge in [0.15, 0.2) is 0 Å². The number of hydrogen-bond donors (Lipinski definition) is 1. The normalized spacial score (nSPS) is 25.9. The van der Waals surface area contributed by atoms with E-state index in [2.05, 4.69) is 35.8 Å². The second-order valence-corrected chi connectivity index (χ2v) is 6.32. The van der Waals surface area contributed by atoms with Crippen LogP contribution in [0.5, 0.6) is 0 Å². The zero-order valence-corrected chi connectivity index (χ0v) is 11.7. The van der Waals surface area contributed by atoms with E-state index in [0.717, 1.165) is 13.0 Å². The maximum Gasteiger partial charge on any atom is 0.0407 e. The molecule has 1 unspecified atom stereocenters. The summed E-state index contributed by atoms with van der Waals surface area (Å²) in [6, 6.07) is 2.52. The SMILES string of the molecule is CN(C)C1(Cn2ccc3c2CCCC3N)CCC1. The van der Waals surface area contributed by atoms with Crippen LogP contribution in [0.4, 0.5) is 0 Å². The first-order valence-corrected chi connectivity index (χ1v) is 7.23. The van der Waals surface area contributed by atoms with Crippen molar-refractivity contribution in [3.8, 4) is 0 Å². The maximum absolute atomic E-state index is 6.21. The van der Waals surface area contributed by atoms with Gasteiger partial charge in [0, 0.05) is 30.0 Å². The van der Waals surface area contributed by atoms with Crippen molar-refractivity contribution in [2.75, 3.05) is 14.1 Å². The molecule has 2 aliphatic rings. The lowest BCUT2D eigenvalue weighted by atomic mass is 9.75. The minimum absolute atomic E-state index is 0.270. The molecule has 1 fully saturated rings. The lowest BCUT2D eigenvalue weighted by Crippen LogP contribution is -2.53. The van der Waals surface area contributed by atoms with Crippen molar-refractivity contribution in [2.24, 2.45) is 5.73 Å². The first-order chi connectivity index (χ1) is 8.62. The van der Waals surface area contributed by atoms with Crippen LogP contribution in [0.1, 0.15) is 49.4 Å². The fraction of sp³-hybridized carbons (Fsp3) is 0.733. The molecule has 0 aromatic carbocycles. The lowest BCUT2D eigenvalue weighted by Gasteiger charge is -2.48. The van der Waals surface area contributed by atoms with Crippen LogP contribution in [0, 0.1) is 0 Å². The number of aromatic nitrogens is 1. The fourth-order valence-corrected chi connectivity index (χ4v) is 3.59. The molecule has 0 spiro atoms. The summed E-state index contributed by atoms with van der Waals surface area (Å²) < 4.78 is 2.48. The Kier molecular flexibility index (Phi) is 2.99. The van der Waals surface area contributed by atoms with Gasteiger partial charge in [-0.1, -0.05) is 0 Å². The first kappa shape index (κ1) is 12.2. The summed E-state index contributed by atoms with van der Waals surface area (Å²) in [7, 11) is 4.45. The molecule has 100 valence electrons. The van der Waals surface area contributed by atoms with Crippen molar-refractivity contribution in [1.29, 1.82) is 0 Å². The van der Waals surface area contributed by atoms with Gasteiger partial charge in [-0.3, -0.25) is 0 Å². The molecule has 3 heteroatoms. The van der Waals surface area contributed by atoms with E-state index in [4.69, 9.17) is 5.73 Å². The molecule has 1 aromatic heterocycles. The standard InChI is InChI=1S/C15H25N3/c1-17(2)15(8-4-9-15)11-18-10-7-12-13(16)5-3-6-14(12)18/h7,10,13H,3-6,8-9,11,16H2,1-2H3. The zero-order valence-electron chi connectivity index (χ0n) is 11.7. The van der Waals surface area contributed by atoms with Crippen molar-refractivity contribution in [3.63, 3.8) is 0 Å². The van der Waals surface area contributed by atoms with Crippen LogP contribution in [0.15, 0.2) is 12.3 Å². The van der Waals surface area contributed by atoms with Crippen LogP contribution in [-0.2, 0) is 13.0 Å². The smallest absolute Gasteiger partial charge is 0.0407 e. The van der Waals surface area contributed by atoms with E-state index in [1.807, 2.05) is 0 Å². The molecule has 0 radical (unpaired) electrons. The molecule has 1 aromatic rings. The highest BCUT2D eigenvalue weighted by molar-refractivity contribution is 5.28. The van der Waals surface area contributed by atoms with E-state index < -0.39 is 0 Å². The predicted molar refractivity (Wildman–Crippen MR) is 74.6 cm³/mol. The number of nitrogens with zero attached hydrogens (tertiary/aromatic N) is 2. The Hall–Kier alpha value is -0.800. The number of hydrogen-bond acceptors (Lipinski definition) is 2.